The first-order valence-electron chi connectivity index (χ1n) is 6.55. The van der Waals surface area contributed by atoms with Gasteiger partial charge in [-0.25, -0.2) is 14.1 Å². The van der Waals surface area contributed by atoms with E-state index >= 15 is 0 Å². The first-order chi connectivity index (χ1) is 9.76. The van der Waals surface area contributed by atoms with Crippen LogP contribution in [0.25, 0.3) is 0 Å². The van der Waals surface area contributed by atoms with Gasteiger partial charge in [-0.05, 0) is 18.6 Å². The smallest absolute Gasteiger partial charge is 0.138 e. The van der Waals surface area contributed by atoms with E-state index in [-0.39, 0.29) is 11.9 Å². The molecule has 0 saturated carbocycles. The van der Waals surface area contributed by atoms with Gasteiger partial charge in [0.05, 0.1) is 18.2 Å². The van der Waals surface area contributed by atoms with Crippen molar-refractivity contribution in [1.29, 1.82) is 5.26 Å². The Bertz CT molecular complexity index is 658. The number of aromatic nitrogens is 3. The number of benzene rings is 1. The number of halogens is 1. The number of rotatable bonds is 3. The van der Waals surface area contributed by atoms with Crippen LogP contribution >= 0.6 is 0 Å². The third-order valence-electron chi connectivity index (χ3n) is 3.57. The topological polar surface area (TPSA) is 66.5 Å². The summed E-state index contributed by atoms with van der Waals surface area (Å²) in [4.78, 5) is 4.18. The van der Waals surface area contributed by atoms with Crippen LogP contribution in [-0.2, 0) is 19.5 Å². The summed E-state index contributed by atoms with van der Waals surface area (Å²) in [6.07, 6.45) is 3.42. The Morgan fingerprint density at radius 3 is 3.20 bits per heavy atom. The maximum atomic E-state index is 13.8. The Hall–Kier alpha value is -2.26. The second-order valence-corrected chi connectivity index (χ2v) is 4.89. The van der Waals surface area contributed by atoms with Crippen LogP contribution in [0.15, 0.2) is 24.5 Å². The quantitative estimate of drug-likeness (QED) is 0.916. The number of nitrogens with one attached hydrogen (secondary N) is 1. The fraction of sp³-hybridized carbons (Fsp3) is 0.357. The monoisotopic (exact) mass is 271 g/mol. The summed E-state index contributed by atoms with van der Waals surface area (Å²) in [7, 11) is 0. The van der Waals surface area contributed by atoms with Crippen molar-refractivity contribution in [2.45, 2.75) is 32.0 Å². The van der Waals surface area contributed by atoms with E-state index in [1.807, 2.05) is 10.8 Å². The summed E-state index contributed by atoms with van der Waals surface area (Å²) in [5, 5.41) is 16.2. The molecule has 1 N–H and O–H groups in total. The fourth-order valence-electron chi connectivity index (χ4n) is 2.42. The zero-order valence-electron chi connectivity index (χ0n) is 10.9. The highest BCUT2D eigenvalue weighted by atomic mass is 19.1. The van der Waals surface area contributed by atoms with E-state index in [0.29, 0.717) is 17.7 Å². The molecule has 0 amide bonds. The highest BCUT2D eigenvalue weighted by molar-refractivity contribution is 5.32. The Kier molecular flexibility index (Phi) is 3.44. The molecule has 1 aliphatic rings. The van der Waals surface area contributed by atoms with Gasteiger partial charge in [-0.3, -0.25) is 0 Å². The van der Waals surface area contributed by atoms with E-state index in [2.05, 4.69) is 15.4 Å². The number of fused-ring (bicyclic) bond motifs is 1. The lowest BCUT2D eigenvalue weighted by molar-refractivity contribution is 0.356. The Morgan fingerprint density at radius 2 is 2.40 bits per heavy atom. The zero-order chi connectivity index (χ0) is 13.9. The summed E-state index contributed by atoms with van der Waals surface area (Å²) in [5.41, 5.74) is 0.921. The van der Waals surface area contributed by atoms with Crippen molar-refractivity contribution >= 4 is 0 Å². The molecule has 0 saturated heterocycles. The number of aryl methyl sites for hydroxylation is 1. The van der Waals surface area contributed by atoms with E-state index in [1.54, 1.807) is 18.5 Å². The summed E-state index contributed by atoms with van der Waals surface area (Å²) >= 11 is 0. The van der Waals surface area contributed by atoms with Crippen LogP contribution in [-0.4, -0.2) is 20.8 Å². The number of hydrogen-bond donors (Lipinski definition) is 1. The molecule has 6 heteroatoms. The van der Waals surface area contributed by atoms with Crippen molar-refractivity contribution in [1.82, 2.24) is 20.1 Å². The predicted molar refractivity (Wildman–Crippen MR) is 70.1 cm³/mol. The molecule has 0 aliphatic carbocycles. The summed E-state index contributed by atoms with van der Waals surface area (Å²) in [5.74, 6) is 0.668. The van der Waals surface area contributed by atoms with Gasteiger partial charge in [-0.2, -0.15) is 10.4 Å². The van der Waals surface area contributed by atoms with E-state index < -0.39 is 0 Å². The van der Waals surface area contributed by atoms with E-state index in [1.165, 1.54) is 6.07 Å². The van der Waals surface area contributed by atoms with Crippen molar-refractivity contribution in [2.75, 3.05) is 0 Å². The molecule has 1 aliphatic heterocycles. The van der Waals surface area contributed by atoms with Crippen LogP contribution in [0.1, 0.15) is 23.4 Å². The maximum Gasteiger partial charge on any atom is 0.138 e. The molecule has 2 aromatic rings. The van der Waals surface area contributed by atoms with Crippen molar-refractivity contribution in [3.05, 3.63) is 47.3 Å². The predicted octanol–water partition coefficient (Wildman–Crippen LogP) is 1.39. The standard InChI is InChI=1S/C14H14FN5/c15-13-5-10(6-16)1-2-11(13)7-17-12-3-4-14-18-9-19-20(14)8-12/h1-2,5,9,12,17H,3-4,7-8H2/t12-/m0/s1. The third-order valence-corrected chi connectivity index (χ3v) is 3.57. The van der Waals surface area contributed by atoms with Crippen molar-refractivity contribution in [3.8, 4) is 6.07 Å². The van der Waals surface area contributed by atoms with Crippen LogP contribution in [0.2, 0.25) is 0 Å². The molecule has 0 bridgehead atoms. The van der Waals surface area contributed by atoms with Gasteiger partial charge >= 0.3 is 0 Å². The Balaban J connectivity index is 1.62. The van der Waals surface area contributed by atoms with Gasteiger partial charge in [-0.15, -0.1) is 0 Å². The molecule has 102 valence electrons. The minimum Gasteiger partial charge on any atom is -0.308 e. The number of nitrogens with zero attached hydrogens (tertiary/aromatic N) is 4. The average molecular weight is 271 g/mol. The summed E-state index contributed by atoms with van der Waals surface area (Å²) in [6.45, 7) is 1.21. The number of hydrogen-bond acceptors (Lipinski definition) is 4. The van der Waals surface area contributed by atoms with Crippen molar-refractivity contribution < 1.29 is 4.39 Å². The second-order valence-electron chi connectivity index (χ2n) is 4.89. The van der Waals surface area contributed by atoms with Gasteiger partial charge in [-0.1, -0.05) is 6.07 Å². The van der Waals surface area contributed by atoms with Gasteiger partial charge < -0.3 is 5.32 Å². The van der Waals surface area contributed by atoms with E-state index in [9.17, 15) is 4.39 Å². The fourth-order valence-corrected chi connectivity index (χ4v) is 2.42. The molecule has 0 unspecified atom stereocenters. The van der Waals surface area contributed by atoms with Gasteiger partial charge in [0.25, 0.3) is 0 Å². The van der Waals surface area contributed by atoms with E-state index in [0.717, 1.165) is 25.2 Å². The molecular weight excluding hydrogens is 257 g/mol. The maximum absolute atomic E-state index is 13.8. The summed E-state index contributed by atoms with van der Waals surface area (Å²) < 4.78 is 15.6. The van der Waals surface area contributed by atoms with Crippen LogP contribution < -0.4 is 5.32 Å². The molecule has 2 heterocycles. The highest BCUT2D eigenvalue weighted by Crippen LogP contribution is 2.14. The molecule has 20 heavy (non-hydrogen) atoms. The molecule has 0 fully saturated rings. The minimum atomic E-state index is -0.339. The molecule has 0 spiro atoms. The zero-order valence-corrected chi connectivity index (χ0v) is 10.9. The minimum absolute atomic E-state index is 0.263. The van der Waals surface area contributed by atoms with Crippen molar-refractivity contribution in [3.63, 3.8) is 0 Å². The summed E-state index contributed by atoms with van der Waals surface area (Å²) in [6, 6.07) is 6.76. The van der Waals surface area contributed by atoms with Crippen LogP contribution in [0.4, 0.5) is 4.39 Å². The van der Waals surface area contributed by atoms with Crippen LogP contribution in [0.5, 0.6) is 0 Å². The normalized spacial score (nSPS) is 17.5. The lowest BCUT2D eigenvalue weighted by Crippen LogP contribution is -2.37. The first-order valence-corrected chi connectivity index (χ1v) is 6.55. The lowest BCUT2D eigenvalue weighted by Gasteiger charge is -2.23. The SMILES string of the molecule is N#Cc1ccc(CN[C@H]2CCc3ncnn3C2)c(F)c1. The third kappa shape index (κ3) is 2.53. The first kappa shape index (κ1) is 12.8. The van der Waals surface area contributed by atoms with Gasteiger partial charge in [0.1, 0.15) is 18.0 Å². The van der Waals surface area contributed by atoms with Crippen LogP contribution in [0.3, 0.4) is 0 Å². The molecule has 1 aromatic carbocycles. The largest absolute Gasteiger partial charge is 0.308 e. The molecule has 5 nitrogen and oxygen atoms in total. The molecule has 3 rings (SSSR count). The van der Waals surface area contributed by atoms with Gasteiger partial charge in [0, 0.05) is 24.6 Å². The molecular formula is C14H14FN5. The second kappa shape index (κ2) is 5.39. The van der Waals surface area contributed by atoms with Crippen LogP contribution in [0, 0.1) is 17.1 Å². The van der Waals surface area contributed by atoms with Crippen molar-refractivity contribution in [2.24, 2.45) is 0 Å². The number of nitriles is 1. The molecule has 1 aromatic heterocycles. The van der Waals surface area contributed by atoms with Gasteiger partial charge in [0.2, 0.25) is 0 Å². The van der Waals surface area contributed by atoms with E-state index in [4.69, 9.17) is 5.26 Å². The highest BCUT2D eigenvalue weighted by Gasteiger charge is 2.19. The average Bonchev–Trinajstić information content (AvgIpc) is 2.93. The molecule has 0 radical (unpaired) electrons. The van der Waals surface area contributed by atoms with Gasteiger partial charge in [0.15, 0.2) is 0 Å². The Morgan fingerprint density at radius 1 is 1.50 bits per heavy atom. The Labute approximate surface area is 116 Å². The molecule has 1 atom stereocenters. The lowest BCUT2D eigenvalue weighted by atomic mass is 10.1.